The Kier molecular flexibility index (Phi) is 6.31. The smallest absolute Gasteiger partial charge is 0.251 e. The van der Waals surface area contributed by atoms with Crippen LogP contribution >= 0.6 is 0 Å². The van der Waals surface area contributed by atoms with Gasteiger partial charge in [0.2, 0.25) is 0 Å². The van der Waals surface area contributed by atoms with Gasteiger partial charge in [-0.25, -0.2) is 4.98 Å². The largest absolute Gasteiger partial charge is 0.367 e. The van der Waals surface area contributed by atoms with E-state index in [4.69, 9.17) is 0 Å². The fourth-order valence-electron chi connectivity index (χ4n) is 5.19. The molecule has 0 bridgehead atoms. The van der Waals surface area contributed by atoms with Gasteiger partial charge >= 0.3 is 0 Å². The molecule has 2 N–H and O–H groups in total. The summed E-state index contributed by atoms with van der Waals surface area (Å²) >= 11 is 0. The molecule has 2 aromatic rings. The van der Waals surface area contributed by atoms with Crippen LogP contribution in [0.1, 0.15) is 88.9 Å². The topological polar surface area (TPSA) is 54.0 Å². The van der Waals surface area contributed by atoms with Crippen molar-refractivity contribution in [3.63, 3.8) is 0 Å². The van der Waals surface area contributed by atoms with E-state index in [2.05, 4.69) is 42.5 Å². The number of benzene rings is 1. The van der Waals surface area contributed by atoms with E-state index in [1.54, 1.807) is 0 Å². The minimum atomic E-state index is 0.0515. The minimum Gasteiger partial charge on any atom is -0.367 e. The molecule has 1 amide bonds. The zero-order valence-electron chi connectivity index (χ0n) is 18.8. The highest BCUT2D eigenvalue weighted by Gasteiger charge is 2.29. The van der Waals surface area contributed by atoms with E-state index >= 15 is 0 Å². The Morgan fingerprint density at radius 2 is 1.63 bits per heavy atom. The number of hydrogen-bond acceptors (Lipinski definition) is 3. The summed E-state index contributed by atoms with van der Waals surface area (Å²) in [6.45, 7) is 7.08. The van der Waals surface area contributed by atoms with Gasteiger partial charge in [0.25, 0.3) is 5.91 Å². The second-order valence-electron chi connectivity index (χ2n) is 10.5. The molecule has 0 radical (unpaired) electrons. The fraction of sp³-hybridized carbons (Fsp3) is 0.615. The molecule has 2 aliphatic rings. The van der Waals surface area contributed by atoms with Crippen molar-refractivity contribution in [3.8, 4) is 0 Å². The van der Waals surface area contributed by atoms with E-state index in [9.17, 15) is 4.79 Å². The first-order chi connectivity index (χ1) is 14.4. The third-order valence-electron chi connectivity index (χ3n) is 7.23. The molecule has 1 aromatic carbocycles. The van der Waals surface area contributed by atoms with Gasteiger partial charge in [0, 0.05) is 29.2 Å². The standard InChI is InChI=1S/C26H37N3O/c1-26(2,3)21-11-13-23(14-12-21)28-24-16-20-15-18(9-10-19(20)17-27-24)25(30)29-22-7-5-4-6-8-22/h9-10,15-17,21-23H,4-8,11-14H2,1-3H3,(H,27,28)(H,29,30). The highest BCUT2D eigenvalue weighted by atomic mass is 16.1. The number of nitrogens with zero attached hydrogens (tertiary/aromatic N) is 1. The maximum Gasteiger partial charge on any atom is 0.251 e. The number of fused-ring (bicyclic) bond motifs is 1. The van der Waals surface area contributed by atoms with E-state index < -0.39 is 0 Å². The van der Waals surface area contributed by atoms with Gasteiger partial charge in [-0.1, -0.05) is 46.1 Å². The van der Waals surface area contributed by atoms with Gasteiger partial charge in [-0.3, -0.25) is 4.79 Å². The molecule has 4 rings (SSSR count). The average molecular weight is 408 g/mol. The Morgan fingerprint density at radius 3 is 2.33 bits per heavy atom. The maximum absolute atomic E-state index is 12.7. The van der Waals surface area contributed by atoms with Gasteiger partial charge in [0.05, 0.1) is 0 Å². The number of nitrogens with one attached hydrogen (secondary N) is 2. The summed E-state index contributed by atoms with van der Waals surface area (Å²) in [6, 6.07) is 8.87. The van der Waals surface area contributed by atoms with Crippen LogP contribution in [-0.4, -0.2) is 23.0 Å². The Hall–Kier alpha value is -2.10. The fourth-order valence-corrected chi connectivity index (χ4v) is 5.19. The van der Waals surface area contributed by atoms with E-state index in [1.807, 2.05) is 24.4 Å². The summed E-state index contributed by atoms with van der Waals surface area (Å²) in [5, 5.41) is 9.03. The molecule has 0 aliphatic heterocycles. The van der Waals surface area contributed by atoms with Gasteiger partial charge in [-0.05, 0) is 73.4 Å². The molecule has 2 saturated carbocycles. The summed E-state index contributed by atoms with van der Waals surface area (Å²) in [7, 11) is 0. The van der Waals surface area contributed by atoms with Crippen molar-refractivity contribution in [2.45, 2.75) is 90.6 Å². The van der Waals surface area contributed by atoms with Crippen LogP contribution in [0.3, 0.4) is 0 Å². The van der Waals surface area contributed by atoms with Crippen LogP contribution in [0.4, 0.5) is 5.82 Å². The SMILES string of the molecule is CC(C)(C)C1CCC(Nc2cc3cc(C(=O)NC4CCCCC4)ccc3cn2)CC1. The zero-order valence-corrected chi connectivity index (χ0v) is 18.8. The number of hydrogen-bond donors (Lipinski definition) is 2. The van der Waals surface area contributed by atoms with Crippen LogP contribution in [0.25, 0.3) is 10.8 Å². The first-order valence-electron chi connectivity index (χ1n) is 11.9. The summed E-state index contributed by atoms with van der Waals surface area (Å²) in [5.74, 6) is 1.78. The lowest BCUT2D eigenvalue weighted by Crippen LogP contribution is -2.36. The van der Waals surface area contributed by atoms with Crippen molar-refractivity contribution in [1.82, 2.24) is 10.3 Å². The number of amides is 1. The van der Waals surface area contributed by atoms with Crippen molar-refractivity contribution >= 4 is 22.5 Å². The molecule has 30 heavy (non-hydrogen) atoms. The summed E-state index contributed by atoms with van der Waals surface area (Å²) in [6.07, 6.45) is 12.8. The van der Waals surface area contributed by atoms with Crippen molar-refractivity contribution < 1.29 is 4.79 Å². The molecule has 0 spiro atoms. The van der Waals surface area contributed by atoms with Gasteiger partial charge in [-0.2, -0.15) is 0 Å². The maximum atomic E-state index is 12.7. The molecule has 2 aliphatic carbocycles. The Morgan fingerprint density at radius 1 is 0.900 bits per heavy atom. The highest BCUT2D eigenvalue weighted by Crippen LogP contribution is 2.38. The lowest BCUT2D eigenvalue weighted by Gasteiger charge is -2.37. The molecule has 2 fully saturated rings. The first kappa shape index (κ1) is 21.1. The zero-order chi connectivity index (χ0) is 21.1. The third kappa shape index (κ3) is 5.14. The second kappa shape index (κ2) is 8.95. The van der Waals surface area contributed by atoms with Crippen LogP contribution in [0.2, 0.25) is 0 Å². The van der Waals surface area contributed by atoms with E-state index in [1.165, 1.54) is 44.9 Å². The van der Waals surface area contributed by atoms with Crippen LogP contribution in [0.15, 0.2) is 30.5 Å². The average Bonchev–Trinajstić information content (AvgIpc) is 2.74. The number of anilines is 1. The highest BCUT2D eigenvalue weighted by molar-refractivity contribution is 5.99. The Bertz CT molecular complexity index is 871. The van der Waals surface area contributed by atoms with E-state index in [-0.39, 0.29) is 5.91 Å². The van der Waals surface area contributed by atoms with Gasteiger partial charge in [0.15, 0.2) is 0 Å². The lowest BCUT2D eigenvalue weighted by molar-refractivity contribution is 0.0928. The van der Waals surface area contributed by atoms with Gasteiger partial charge in [0.1, 0.15) is 5.82 Å². The summed E-state index contributed by atoms with van der Waals surface area (Å²) in [5.41, 5.74) is 1.15. The summed E-state index contributed by atoms with van der Waals surface area (Å²) < 4.78 is 0. The number of aromatic nitrogens is 1. The number of rotatable bonds is 4. The van der Waals surface area contributed by atoms with Crippen molar-refractivity contribution in [2.24, 2.45) is 11.3 Å². The van der Waals surface area contributed by atoms with Gasteiger partial charge in [-0.15, -0.1) is 0 Å². The van der Waals surface area contributed by atoms with E-state index in [0.29, 0.717) is 17.5 Å². The molecule has 0 atom stereocenters. The molecule has 1 aromatic heterocycles. The molecule has 4 nitrogen and oxygen atoms in total. The predicted molar refractivity (Wildman–Crippen MR) is 125 cm³/mol. The lowest BCUT2D eigenvalue weighted by atomic mass is 9.71. The van der Waals surface area contributed by atoms with Crippen molar-refractivity contribution in [3.05, 3.63) is 36.0 Å². The van der Waals surface area contributed by atoms with Gasteiger partial charge < -0.3 is 10.6 Å². The molecular weight excluding hydrogens is 370 g/mol. The van der Waals surface area contributed by atoms with E-state index in [0.717, 1.165) is 40.9 Å². The van der Waals surface area contributed by atoms with Crippen LogP contribution in [0, 0.1) is 11.3 Å². The first-order valence-corrected chi connectivity index (χ1v) is 11.9. The monoisotopic (exact) mass is 407 g/mol. The summed E-state index contributed by atoms with van der Waals surface area (Å²) in [4.78, 5) is 17.4. The van der Waals surface area contributed by atoms with Crippen LogP contribution in [-0.2, 0) is 0 Å². The van der Waals surface area contributed by atoms with Crippen LogP contribution in [0.5, 0.6) is 0 Å². The minimum absolute atomic E-state index is 0.0515. The Labute approximate surface area is 181 Å². The molecule has 0 saturated heterocycles. The number of carbonyl (C=O) groups is 1. The second-order valence-corrected chi connectivity index (χ2v) is 10.5. The molecular formula is C26H37N3O. The quantitative estimate of drug-likeness (QED) is 0.624. The molecule has 162 valence electrons. The van der Waals surface area contributed by atoms with Crippen molar-refractivity contribution in [2.75, 3.05) is 5.32 Å². The normalized spacial score (nSPS) is 23.3. The number of carbonyl (C=O) groups excluding carboxylic acids is 1. The van der Waals surface area contributed by atoms with Crippen LogP contribution < -0.4 is 10.6 Å². The molecule has 1 heterocycles. The Balaban J connectivity index is 1.41. The molecule has 4 heteroatoms. The van der Waals surface area contributed by atoms with Crippen molar-refractivity contribution in [1.29, 1.82) is 0 Å². The number of pyridine rings is 1. The predicted octanol–water partition coefficient (Wildman–Crippen LogP) is 6.31. The molecule has 0 unspecified atom stereocenters. The third-order valence-corrected chi connectivity index (χ3v) is 7.23.